The molecule has 0 amide bonds. The van der Waals surface area contributed by atoms with Crippen molar-refractivity contribution in [2.45, 2.75) is 6.54 Å². The molecule has 1 aromatic carbocycles. The number of nitrogens with zero attached hydrogens (tertiary/aromatic N) is 1. The molecular weight excluding hydrogens is 230 g/mol. The van der Waals surface area contributed by atoms with Gasteiger partial charge in [0.05, 0.1) is 6.54 Å². The topological polar surface area (TPSA) is 65.6 Å². The van der Waals surface area contributed by atoms with Gasteiger partial charge in [0.15, 0.2) is 11.6 Å². The Kier molecular flexibility index (Phi) is 2.66. The van der Waals surface area contributed by atoms with Gasteiger partial charge in [0.1, 0.15) is 0 Å². The van der Waals surface area contributed by atoms with Crippen LogP contribution < -0.4 is 0 Å². The quantitative estimate of drug-likeness (QED) is 0.754. The average Bonchev–Trinajstić information content (AvgIpc) is 2.48. The fourth-order valence-electron chi connectivity index (χ4n) is 1.46. The van der Waals surface area contributed by atoms with Crippen LogP contribution in [0.5, 0.6) is 17.5 Å². The Balaban J connectivity index is 2.38. The molecule has 0 saturated heterocycles. The van der Waals surface area contributed by atoms with E-state index in [1.54, 1.807) is 24.3 Å². The minimum Gasteiger partial charge on any atom is -0.503 e. The lowest BCUT2D eigenvalue weighted by Gasteiger charge is -2.07. The zero-order valence-electron chi connectivity index (χ0n) is 8.26. The zero-order valence-corrected chi connectivity index (χ0v) is 9.02. The van der Waals surface area contributed by atoms with E-state index >= 15 is 0 Å². The van der Waals surface area contributed by atoms with Crippen molar-refractivity contribution >= 4 is 11.6 Å². The first-order chi connectivity index (χ1) is 7.59. The highest BCUT2D eigenvalue weighted by Gasteiger charge is 2.13. The fourth-order valence-corrected chi connectivity index (χ4v) is 1.66. The van der Waals surface area contributed by atoms with Crippen molar-refractivity contribution in [2.75, 3.05) is 0 Å². The van der Waals surface area contributed by atoms with Crippen molar-refractivity contribution in [3.8, 4) is 17.5 Å². The molecule has 0 unspecified atom stereocenters. The summed E-state index contributed by atoms with van der Waals surface area (Å²) < 4.78 is 1.16. The Labute approximate surface area is 97.0 Å². The summed E-state index contributed by atoms with van der Waals surface area (Å²) in [6.45, 7) is 0.192. The van der Waals surface area contributed by atoms with Crippen molar-refractivity contribution < 1.29 is 15.3 Å². The van der Waals surface area contributed by atoms with Crippen LogP contribution in [-0.2, 0) is 6.54 Å². The predicted molar refractivity (Wildman–Crippen MR) is 60.0 cm³/mol. The number of rotatable bonds is 2. The molecule has 2 rings (SSSR count). The molecule has 1 heterocycles. The molecule has 0 saturated carbocycles. The standard InChI is InChI=1S/C11H10ClNO3/c12-8-4-2-1-3-7(8)6-13-10(15)5-9(14)11(13)16/h1-5,14-16H,6H2. The molecule has 16 heavy (non-hydrogen) atoms. The highest BCUT2D eigenvalue weighted by Crippen LogP contribution is 2.34. The van der Waals surface area contributed by atoms with Crippen LogP contribution in [0, 0.1) is 0 Å². The van der Waals surface area contributed by atoms with Gasteiger partial charge in [0.2, 0.25) is 5.88 Å². The molecule has 0 aliphatic rings. The fraction of sp³-hybridized carbons (Fsp3) is 0.0909. The van der Waals surface area contributed by atoms with Crippen molar-refractivity contribution in [1.82, 2.24) is 4.57 Å². The first-order valence-electron chi connectivity index (χ1n) is 4.63. The van der Waals surface area contributed by atoms with Crippen LogP contribution in [0.25, 0.3) is 0 Å². The average molecular weight is 240 g/mol. The molecule has 1 aromatic heterocycles. The molecule has 5 heteroatoms. The molecule has 0 bridgehead atoms. The van der Waals surface area contributed by atoms with Crippen molar-refractivity contribution in [1.29, 1.82) is 0 Å². The molecule has 0 spiro atoms. The first kappa shape index (κ1) is 10.7. The molecule has 0 radical (unpaired) electrons. The SMILES string of the molecule is Oc1cc(O)n(Cc2ccccc2Cl)c1O. The third-order valence-electron chi connectivity index (χ3n) is 2.31. The van der Waals surface area contributed by atoms with Gasteiger partial charge in [0.25, 0.3) is 0 Å². The summed E-state index contributed by atoms with van der Waals surface area (Å²) in [5.74, 6) is -0.947. The maximum absolute atomic E-state index is 9.48. The monoisotopic (exact) mass is 239 g/mol. The van der Waals surface area contributed by atoms with E-state index in [4.69, 9.17) is 11.6 Å². The van der Waals surface area contributed by atoms with Gasteiger partial charge < -0.3 is 15.3 Å². The highest BCUT2D eigenvalue weighted by molar-refractivity contribution is 6.31. The van der Waals surface area contributed by atoms with E-state index in [2.05, 4.69) is 0 Å². The van der Waals surface area contributed by atoms with E-state index < -0.39 is 0 Å². The van der Waals surface area contributed by atoms with Gasteiger partial charge in [-0.05, 0) is 11.6 Å². The third kappa shape index (κ3) is 1.79. The number of hydrogen-bond acceptors (Lipinski definition) is 3. The third-order valence-corrected chi connectivity index (χ3v) is 2.68. The van der Waals surface area contributed by atoms with Gasteiger partial charge in [-0.1, -0.05) is 29.8 Å². The molecule has 4 nitrogen and oxygen atoms in total. The highest BCUT2D eigenvalue weighted by atomic mass is 35.5. The van der Waals surface area contributed by atoms with Crippen molar-refractivity contribution in [2.24, 2.45) is 0 Å². The molecular formula is C11H10ClNO3. The van der Waals surface area contributed by atoms with Crippen LogP contribution in [0.4, 0.5) is 0 Å². The van der Waals surface area contributed by atoms with E-state index in [9.17, 15) is 15.3 Å². The van der Waals surface area contributed by atoms with Gasteiger partial charge in [0, 0.05) is 11.1 Å². The van der Waals surface area contributed by atoms with E-state index in [0.29, 0.717) is 5.02 Å². The van der Waals surface area contributed by atoms with Crippen LogP contribution in [0.15, 0.2) is 30.3 Å². The van der Waals surface area contributed by atoms with Crippen molar-refractivity contribution in [3.05, 3.63) is 40.9 Å². The van der Waals surface area contributed by atoms with Crippen LogP contribution in [0.1, 0.15) is 5.56 Å². The maximum Gasteiger partial charge on any atom is 0.237 e. The maximum atomic E-state index is 9.48. The van der Waals surface area contributed by atoms with Gasteiger partial charge >= 0.3 is 0 Å². The summed E-state index contributed by atoms with van der Waals surface area (Å²) in [5, 5.41) is 28.7. The van der Waals surface area contributed by atoms with Crippen LogP contribution >= 0.6 is 11.6 Å². The van der Waals surface area contributed by atoms with Crippen LogP contribution in [0.2, 0.25) is 5.02 Å². The summed E-state index contributed by atoms with van der Waals surface area (Å²) in [6, 6.07) is 8.16. The summed E-state index contributed by atoms with van der Waals surface area (Å²) in [7, 11) is 0. The van der Waals surface area contributed by atoms with E-state index in [1.807, 2.05) is 0 Å². The minimum absolute atomic E-state index is 0.192. The normalized spacial score (nSPS) is 10.6. The molecule has 2 aromatic rings. The Morgan fingerprint density at radius 3 is 2.38 bits per heavy atom. The smallest absolute Gasteiger partial charge is 0.237 e. The van der Waals surface area contributed by atoms with E-state index in [0.717, 1.165) is 16.2 Å². The van der Waals surface area contributed by atoms with E-state index in [-0.39, 0.29) is 24.1 Å². The zero-order chi connectivity index (χ0) is 11.7. The van der Waals surface area contributed by atoms with Crippen molar-refractivity contribution in [3.63, 3.8) is 0 Å². The van der Waals surface area contributed by atoms with E-state index in [1.165, 1.54) is 0 Å². The summed E-state index contributed by atoms with van der Waals surface area (Å²) >= 11 is 5.95. The van der Waals surface area contributed by atoms with Crippen LogP contribution in [-0.4, -0.2) is 19.9 Å². The predicted octanol–water partition coefficient (Wildman–Crippen LogP) is 2.31. The van der Waals surface area contributed by atoms with Gasteiger partial charge in [-0.25, -0.2) is 0 Å². The molecule has 0 aliphatic carbocycles. The van der Waals surface area contributed by atoms with Gasteiger partial charge in [-0.2, -0.15) is 0 Å². The summed E-state index contributed by atoms with van der Waals surface area (Å²) in [6.07, 6.45) is 0. The number of aromatic nitrogens is 1. The first-order valence-corrected chi connectivity index (χ1v) is 5.01. The number of benzene rings is 1. The lowest BCUT2D eigenvalue weighted by Crippen LogP contribution is -1.98. The molecule has 84 valence electrons. The lowest BCUT2D eigenvalue weighted by molar-refractivity contribution is 0.358. The Morgan fingerprint density at radius 1 is 1.12 bits per heavy atom. The second-order valence-electron chi connectivity index (χ2n) is 3.39. The Hall–Kier alpha value is -1.81. The molecule has 3 N–H and O–H groups in total. The number of halogens is 1. The molecule has 0 aliphatic heterocycles. The van der Waals surface area contributed by atoms with Gasteiger partial charge in [-0.15, -0.1) is 0 Å². The second kappa shape index (κ2) is 3.98. The van der Waals surface area contributed by atoms with Crippen LogP contribution in [0.3, 0.4) is 0 Å². The molecule has 0 fully saturated rings. The summed E-state index contributed by atoms with van der Waals surface area (Å²) in [4.78, 5) is 0. The largest absolute Gasteiger partial charge is 0.503 e. The Morgan fingerprint density at radius 2 is 1.81 bits per heavy atom. The Bertz CT molecular complexity index is 522. The number of hydrogen-bond donors (Lipinski definition) is 3. The number of aromatic hydroxyl groups is 3. The lowest BCUT2D eigenvalue weighted by atomic mass is 10.2. The minimum atomic E-state index is -0.377. The van der Waals surface area contributed by atoms with Gasteiger partial charge in [-0.3, -0.25) is 4.57 Å². The second-order valence-corrected chi connectivity index (χ2v) is 3.80. The molecule has 0 atom stereocenters. The summed E-state index contributed by atoms with van der Waals surface area (Å²) in [5.41, 5.74) is 0.741.